The SMILES string of the molecule is Cc1cccc(=O)n1C(C(=O)Nc1cccc(C#N)c1)C(C)C. The number of anilines is 1. The Labute approximate surface area is 135 Å². The third-order valence-electron chi connectivity index (χ3n) is 3.63. The highest BCUT2D eigenvalue weighted by atomic mass is 16.2. The van der Waals surface area contributed by atoms with E-state index in [0.717, 1.165) is 5.69 Å². The van der Waals surface area contributed by atoms with Gasteiger partial charge in [0.1, 0.15) is 6.04 Å². The Balaban J connectivity index is 2.37. The lowest BCUT2D eigenvalue weighted by atomic mass is 10.0. The zero-order chi connectivity index (χ0) is 17.0. The average Bonchev–Trinajstić information content (AvgIpc) is 2.50. The Morgan fingerprint density at radius 1 is 1.22 bits per heavy atom. The van der Waals surface area contributed by atoms with Crippen LogP contribution in [0, 0.1) is 24.2 Å². The van der Waals surface area contributed by atoms with E-state index in [1.54, 1.807) is 43.3 Å². The van der Waals surface area contributed by atoms with E-state index >= 15 is 0 Å². The van der Waals surface area contributed by atoms with Crippen molar-refractivity contribution in [2.24, 2.45) is 5.92 Å². The van der Waals surface area contributed by atoms with Crippen molar-refractivity contribution in [1.82, 2.24) is 4.57 Å². The molecule has 0 saturated heterocycles. The fourth-order valence-electron chi connectivity index (χ4n) is 2.56. The van der Waals surface area contributed by atoms with Crippen LogP contribution in [0.15, 0.2) is 47.3 Å². The van der Waals surface area contributed by atoms with Gasteiger partial charge in [-0.3, -0.25) is 9.59 Å². The zero-order valence-electron chi connectivity index (χ0n) is 13.4. The predicted molar refractivity (Wildman–Crippen MR) is 89.1 cm³/mol. The first-order valence-corrected chi connectivity index (χ1v) is 7.43. The van der Waals surface area contributed by atoms with E-state index in [4.69, 9.17) is 5.26 Å². The highest BCUT2D eigenvalue weighted by Gasteiger charge is 2.26. The van der Waals surface area contributed by atoms with E-state index in [-0.39, 0.29) is 17.4 Å². The van der Waals surface area contributed by atoms with Crippen LogP contribution in [-0.4, -0.2) is 10.5 Å². The standard InChI is InChI=1S/C18H19N3O2/c1-12(2)17(21-13(3)6-4-9-16(21)22)18(23)20-15-8-5-7-14(10-15)11-19/h4-10,12,17H,1-3H3,(H,20,23). The van der Waals surface area contributed by atoms with Gasteiger partial charge in [0.2, 0.25) is 5.91 Å². The number of rotatable bonds is 4. The number of benzene rings is 1. The lowest BCUT2D eigenvalue weighted by Gasteiger charge is -2.24. The van der Waals surface area contributed by atoms with Gasteiger partial charge in [-0.05, 0) is 37.1 Å². The van der Waals surface area contributed by atoms with Crippen LogP contribution in [0.3, 0.4) is 0 Å². The summed E-state index contributed by atoms with van der Waals surface area (Å²) in [6, 6.07) is 13.1. The van der Waals surface area contributed by atoms with E-state index in [1.165, 1.54) is 10.6 Å². The molecule has 1 aromatic carbocycles. The van der Waals surface area contributed by atoms with Crippen molar-refractivity contribution in [2.45, 2.75) is 26.8 Å². The number of carbonyl (C=O) groups is 1. The van der Waals surface area contributed by atoms with E-state index in [9.17, 15) is 9.59 Å². The summed E-state index contributed by atoms with van der Waals surface area (Å²) in [5.74, 6) is -0.334. The molecule has 118 valence electrons. The van der Waals surface area contributed by atoms with Crippen molar-refractivity contribution in [3.05, 3.63) is 64.1 Å². The second kappa shape index (κ2) is 6.93. The third-order valence-corrected chi connectivity index (χ3v) is 3.63. The molecule has 1 heterocycles. The van der Waals surface area contributed by atoms with Crippen molar-refractivity contribution in [2.75, 3.05) is 5.32 Å². The number of pyridine rings is 1. The normalized spacial score (nSPS) is 11.8. The summed E-state index contributed by atoms with van der Waals surface area (Å²) in [4.78, 5) is 24.9. The second-order valence-electron chi connectivity index (χ2n) is 5.75. The Hall–Kier alpha value is -2.87. The molecule has 0 aliphatic carbocycles. The number of nitrogens with one attached hydrogen (secondary N) is 1. The number of nitriles is 1. The molecule has 1 unspecified atom stereocenters. The average molecular weight is 309 g/mol. The van der Waals surface area contributed by atoms with Crippen LogP contribution in [0.2, 0.25) is 0 Å². The van der Waals surface area contributed by atoms with Crippen LogP contribution >= 0.6 is 0 Å². The van der Waals surface area contributed by atoms with Crippen molar-refractivity contribution >= 4 is 11.6 Å². The first-order chi connectivity index (χ1) is 10.9. The molecule has 0 fully saturated rings. The number of carbonyl (C=O) groups excluding carboxylic acids is 1. The Kier molecular flexibility index (Phi) is 4.97. The molecule has 1 atom stereocenters. The fraction of sp³-hybridized carbons (Fsp3) is 0.278. The smallest absolute Gasteiger partial charge is 0.251 e. The minimum Gasteiger partial charge on any atom is -0.324 e. The largest absolute Gasteiger partial charge is 0.324 e. The Bertz CT molecular complexity index is 816. The number of nitrogens with zero attached hydrogens (tertiary/aromatic N) is 2. The number of aryl methyl sites for hydroxylation is 1. The highest BCUT2D eigenvalue weighted by Crippen LogP contribution is 2.20. The van der Waals surface area contributed by atoms with Crippen molar-refractivity contribution < 1.29 is 4.79 Å². The van der Waals surface area contributed by atoms with Gasteiger partial charge in [0.05, 0.1) is 11.6 Å². The monoisotopic (exact) mass is 309 g/mol. The minimum absolute atomic E-state index is 0.0621. The number of amides is 1. The second-order valence-corrected chi connectivity index (χ2v) is 5.75. The van der Waals surface area contributed by atoms with E-state index in [0.29, 0.717) is 11.3 Å². The van der Waals surface area contributed by atoms with Crippen LogP contribution in [-0.2, 0) is 4.79 Å². The van der Waals surface area contributed by atoms with Gasteiger partial charge >= 0.3 is 0 Å². The Morgan fingerprint density at radius 2 is 1.91 bits per heavy atom. The molecule has 2 rings (SSSR count). The van der Waals surface area contributed by atoms with Gasteiger partial charge < -0.3 is 9.88 Å². The summed E-state index contributed by atoms with van der Waals surface area (Å²) >= 11 is 0. The first kappa shape index (κ1) is 16.5. The molecule has 0 aliphatic heterocycles. The fourth-order valence-corrected chi connectivity index (χ4v) is 2.56. The van der Waals surface area contributed by atoms with E-state index < -0.39 is 6.04 Å². The summed E-state index contributed by atoms with van der Waals surface area (Å²) in [5, 5.41) is 11.7. The van der Waals surface area contributed by atoms with E-state index in [1.807, 2.05) is 19.9 Å². The van der Waals surface area contributed by atoms with Crippen LogP contribution in [0.25, 0.3) is 0 Å². The van der Waals surface area contributed by atoms with Gasteiger partial charge in [-0.1, -0.05) is 26.0 Å². The Morgan fingerprint density at radius 3 is 2.52 bits per heavy atom. The van der Waals surface area contributed by atoms with Gasteiger partial charge in [-0.25, -0.2) is 0 Å². The van der Waals surface area contributed by atoms with Crippen molar-refractivity contribution in [3.63, 3.8) is 0 Å². The lowest BCUT2D eigenvalue weighted by Crippen LogP contribution is -2.37. The summed E-state index contributed by atoms with van der Waals surface area (Å²) in [6.45, 7) is 5.60. The zero-order valence-corrected chi connectivity index (χ0v) is 13.4. The molecule has 1 aromatic heterocycles. The summed E-state index contributed by atoms with van der Waals surface area (Å²) < 4.78 is 1.51. The maximum Gasteiger partial charge on any atom is 0.251 e. The van der Waals surface area contributed by atoms with Crippen LogP contribution in [0.4, 0.5) is 5.69 Å². The first-order valence-electron chi connectivity index (χ1n) is 7.43. The topological polar surface area (TPSA) is 74.9 Å². The molecule has 0 bridgehead atoms. The van der Waals surface area contributed by atoms with Crippen LogP contribution in [0.1, 0.15) is 31.1 Å². The molecule has 0 radical (unpaired) electrons. The van der Waals surface area contributed by atoms with Gasteiger partial charge in [0, 0.05) is 17.4 Å². The van der Waals surface area contributed by atoms with Crippen molar-refractivity contribution in [3.8, 4) is 6.07 Å². The molecule has 5 heteroatoms. The summed E-state index contributed by atoms with van der Waals surface area (Å²) in [6.07, 6.45) is 0. The van der Waals surface area contributed by atoms with Crippen LogP contribution < -0.4 is 10.9 Å². The van der Waals surface area contributed by atoms with Crippen molar-refractivity contribution in [1.29, 1.82) is 5.26 Å². The molecule has 5 nitrogen and oxygen atoms in total. The summed E-state index contributed by atoms with van der Waals surface area (Å²) in [7, 11) is 0. The third kappa shape index (κ3) is 3.67. The molecule has 2 aromatic rings. The number of hydrogen-bond donors (Lipinski definition) is 1. The highest BCUT2D eigenvalue weighted by molar-refractivity contribution is 5.94. The lowest BCUT2D eigenvalue weighted by molar-refractivity contribution is -0.120. The van der Waals surface area contributed by atoms with Gasteiger partial charge in [0.25, 0.3) is 5.56 Å². The van der Waals surface area contributed by atoms with Gasteiger partial charge in [0.15, 0.2) is 0 Å². The van der Waals surface area contributed by atoms with Crippen LogP contribution in [0.5, 0.6) is 0 Å². The number of hydrogen-bond acceptors (Lipinski definition) is 3. The molecule has 23 heavy (non-hydrogen) atoms. The molecular weight excluding hydrogens is 290 g/mol. The minimum atomic E-state index is -0.616. The molecular formula is C18H19N3O2. The van der Waals surface area contributed by atoms with E-state index in [2.05, 4.69) is 5.32 Å². The maximum atomic E-state index is 12.7. The molecule has 0 saturated carbocycles. The van der Waals surface area contributed by atoms with Gasteiger partial charge in [-0.2, -0.15) is 5.26 Å². The quantitative estimate of drug-likeness (QED) is 0.943. The maximum absolute atomic E-state index is 12.7. The molecule has 0 aliphatic rings. The van der Waals surface area contributed by atoms with Gasteiger partial charge in [-0.15, -0.1) is 0 Å². The molecule has 0 spiro atoms. The summed E-state index contributed by atoms with van der Waals surface area (Å²) in [5.41, 5.74) is 1.54. The number of aromatic nitrogens is 1. The predicted octanol–water partition coefficient (Wildman–Crippen LogP) is 2.86. The molecule has 1 N–H and O–H groups in total. The molecule has 1 amide bonds.